The zero-order valence-electron chi connectivity index (χ0n) is 8.22. The van der Waals surface area contributed by atoms with Crippen LogP contribution in [0.15, 0.2) is 18.2 Å². The first-order valence-electron chi connectivity index (χ1n) is 4.88. The zero-order valence-corrected chi connectivity index (χ0v) is 8.97. The van der Waals surface area contributed by atoms with Crippen LogP contribution in [0.2, 0.25) is 5.02 Å². The van der Waals surface area contributed by atoms with Crippen LogP contribution in [-0.2, 0) is 0 Å². The lowest BCUT2D eigenvalue weighted by molar-refractivity contribution is 0.414. The van der Waals surface area contributed by atoms with Gasteiger partial charge in [-0.15, -0.1) is 0 Å². The van der Waals surface area contributed by atoms with Crippen molar-refractivity contribution in [1.82, 2.24) is 5.32 Å². The monoisotopic (exact) mass is 211 g/mol. The van der Waals surface area contributed by atoms with Gasteiger partial charge in [0.05, 0.1) is 7.11 Å². The van der Waals surface area contributed by atoms with E-state index in [2.05, 4.69) is 5.32 Å². The highest BCUT2D eigenvalue weighted by molar-refractivity contribution is 6.31. The minimum Gasteiger partial charge on any atom is -0.497 e. The van der Waals surface area contributed by atoms with E-state index in [1.165, 1.54) is 18.4 Å². The first-order valence-corrected chi connectivity index (χ1v) is 5.26. The van der Waals surface area contributed by atoms with Crippen LogP contribution in [0.3, 0.4) is 0 Å². The van der Waals surface area contributed by atoms with Crippen molar-refractivity contribution in [1.29, 1.82) is 0 Å². The van der Waals surface area contributed by atoms with Crippen molar-refractivity contribution in [3.8, 4) is 5.75 Å². The van der Waals surface area contributed by atoms with Crippen LogP contribution in [-0.4, -0.2) is 13.7 Å². The molecule has 1 aliphatic rings. The molecule has 1 aromatic carbocycles. The van der Waals surface area contributed by atoms with Crippen molar-refractivity contribution in [2.24, 2.45) is 0 Å². The lowest BCUT2D eigenvalue weighted by Crippen LogP contribution is -2.13. The molecule has 1 heterocycles. The molecule has 1 aliphatic heterocycles. The maximum absolute atomic E-state index is 6.17. The summed E-state index contributed by atoms with van der Waals surface area (Å²) in [6.07, 6.45) is 2.40. The fourth-order valence-electron chi connectivity index (χ4n) is 1.87. The first-order chi connectivity index (χ1) is 6.81. The average Bonchev–Trinajstić information content (AvgIpc) is 2.70. The van der Waals surface area contributed by atoms with E-state index in [0.29, 0.717) is 6.04 Å². The molecule has 0 aliphatic carbocycles. The van der Waals surface area contributed by atoms with Gasteiger partial charge in [0.2, 0.25) is 0 Å². The van der Waals surface area contributed by atoms with Gasteiger partial charge in [0, 0.05) is 11.1 Å². The second-order valence-electron chi connectivity index (χ2n) is 3.54. The quantitative estimate of drug-likeness (QED) is 0.813. The van der Waals surface area contributed by atoms with Crippen LogP contribution in [0.1, 0.15) is 24.4 Å². The summed E-state index contributed by atoms with van der Waals surface area (Å²) >= 11 is 6.17. The van der Waals surface area contributed by atoms with E-state index in [4.69, 9.17) is 16.3 Å². The molecule has 1 saturated heterocycles. The number of rotatable bonds is 2. The van der Waals surface area contributed by atoms with E-state index < -0.39 is 0 Å². The number of halogens is 1. The Kier molecular flexibility index (Phi) is 2.94. The lowest BCUT2D eigenvalue weighted by Gasteiger charge is -2.13. The summed E-state index contributed by atoms with van der Waals surface area (Å²) in [5.74, 6) is 0.816. The second kappa shape index (κ2) is 4.20. The predicted molar refractivity (Wildman–Crippen MR) is 58.0 cm³/mol. The third-order valence-electron chi connectivity index (χ3n) is 2.64. The highest BCUT2D eigenvalue weighted by atomic mass is 35.5. The summed E-state index contributed by atoms with van der Waals surface area (Å²) in [5.41, 5.74) is 1.19. The van der Waals surface area contributed by atoms with E-state index in [-0.39, 0.29) is 0 Å². The Balaban J connectivity index is 2.25. The summed E-state index contributed by atoms with van der Waals surface area (Å²) < 4.78 is 5.11. The van der Waals surface area contributed by atoms with E-state index in [9.17, 15) is 0 Å². The lowest BCUT2D eigenvalue weighted by atomic mass is 10.1. The van der Waals surface area contributed by atoms with Crippen molar-refractivity contribution < 1.29 is 4.74 Å². The molecular formula is C11H14ClNO. The molecular weight excluding hydrogens is 198 g/mol. The van der Waals surface area contributed by atoms with Crippen LogP contribution in [0.5, 0.6) is 5.75 Å². The molecule has 2 nitrogen and oxygen atoms in total. The Morgan fingerprint density at radius 1 is 1.50 bits per heavy atom. The Labute approximate surface area is 89.2 Å². The summed E-state index contributed by atoms with van der Waals surface area (Å²) in [5, 5.41) is 4.22. The van der Waals surface area contributed by atoms with Gasteiger partial charge in [-0.25, -0.2) is 0 Å². The van der Waals surface area contributed by atoms with E-state index in [1.54, 1.807) is 7.11 Å². The molecule has 1 fully saturated rings. The Morgan fingerprint density at radius 2 is 2.36 bits per heavy atom. The van der Waals surface area contributed by atoms with Crippen molar-refractivity contribution in [2.75, 3.05) is 13.7 Å². The van der Waals surface area contributed by atoms with Gasteiger partial charge >= 0.3 is 0 Å². The van der Waals surface area contributed by atoms with Crippen molar-refractivity contribution >= 4 is 11.6 Å². The minimum atomic E-state index is 0.424. The highest BCUT2D eigenvalue weighted by Gasteiger charge is 2.18. The molecule has 76 valence electrons. The molecule has 0 amide bonds. The predicted octanol–water partition coefficient (Wildman–Crippen LogP) is 2.77. The van der Waals surface area contributed by atoms with Gasteiger partial charge < -0.3 is 10.1 Å². The molecule has 0 spiro atoms. The summed E-state index contributed by atoms with van der Waals surface area (Å²) in [6, 6.07) is 6.30. The zero-order chi connectivity index (χ0) is 9.97. The number of hydrogen-bond donors (Lipinski definition) is 1. The molecule has 2 rings (SSSR count). The Morgan fingerprint density at radius 3 is 2.93 bits per heavy atom. The van der Waals surface area contributed by atoms with E-state index >= 15 is 0 Å². The van der Waals surface area contributed by atoms with Crippen LogP contribution >= 0.6 is 11.6 Å². The molecule has 1 atom stereocenters. The topological polar surface area (TPSA) is 21.3 Å². The van der Waals surface area contributed by atoms with Crippen LogP contribution in [0, 0.1) is 0 Å². The van der Waals surface area contributed by atoms with E-state index in [1.807, 2.05) is 18.2 Å². The molecule has 0 radical (unpaired) electrons. The Bertz CT molecular complexity index is 321. The van der Waals surface area contributed by atoms with E-state index in [0.717, 1.165) is 17.3 Å². The van der Waals surface area contributed by atoms with Crippen molar-refractivity contribution in [2.45, 2.75) is 18.9 Å². The SMILES string of the molecule is COc1ccc([C@@H]2CCCN2)c(Cl)c1. The Hall–Kier alpha value is -0.730. The number of hydrogen-bond acceptors (Lipinski definition) is 2. The number of ether oxygens (including phenoxy) is 1. The van der Waals surface area contributed by atoms with Gasteiger partial charge in [-0.2, -0.15) is 0 Å². The van der Waals surface area contributed by atoms with Gasteiger partial charge in [-0.05, 0) is 37.1 Å². The molecule has 14 heavy (non-hydrogen) atoms. The maximum atomic E-state index is 6.17. The molecule has 1 aromatic rings. The number of benzene rings is 1. The fourth-order valence-corrected chi connectivity index (χ4v) is 2.17. The summed E-state index contributed by atoms with van der Waals surface area (Å²) in [7, 11) is 1.65. The number of nitrogens with one attached hydrogen (secondary N) is 1. The molecule has 0 saturated carbocycles. The highest BCUT2D eigenvalue weighted by Crippen LogP contribution is 2.31. The van der Waals surface area contributed by atoms with Gasteiger partial charge in [-0.1, -0.05) is 17.7 Å². The fraction of sp³-hybridized carbons (Fsp3) is 0.455. The number of methoxy groups -OCH3 is 1. The maximum Gasteiger partial charge on any atom is 0.120 e. The smallest absolute Gasteiger partial charge is 0.120 e. The molecule has 0 bridgehead atoms. The third kappa shape index (κ3) is 1.86. The third-order valence-corrected chi connectivity index (χ3v) is 2.97. The van der Waals surface area contributed by atoms with Crippen molar-refractivity contribution in [3.63, 3.8) is 0 Å². The largest absolute Gasteiger partial charge is 0.497 e. The standard InChI is InChI=1S/C11H14ClNO/c1-14-8-4-5-9(10(12)7-8)11-3-2-6-13-11/h4-5,7,11,13H,2-3,6H2,1H3/t11-/m0/s1. The van der Waals surface area contributed by atoms with Gasteiger partial charge in [0.15, 0.2) is 0 Å². The second-order valence-corrected chi connectivity index (χ2v) is 3.94. The van der Waals surface area contributed by atoms with Gasteiger partial charge in [0.1, 0.15) is 5.75 Å². The summed E-state index contributed by atoms with van der Waals surface area (Å²) in [4.78, 5) is 0. The van der Waals surface area contributed by atoms with Crippen LogP contribution in [0.4, 0.5) is 0 Å². The van der Waals surface area contributed by atoms with Gasteiger partial charge in [0.25, 0.3) is 0 Å². The minimum absolute atomic E-state index is 0.424. The van der Waals surface area contributed by atoms with Crippen LogP contribution in [0.25, 0.3) is 0 Å². The molecule has 0 unspecified atom stereocenters. The molecule has 3 heteroatoms. The normalized spacial score (nSPS) is 21.1. The van der Waals surface area contributed by atoms with Crippen molar-refractivity contribution in [3.05, 3.63) is 28.8 Å². The van der Waals surface area contributed by atoms with Gasteiger partial charge in [-0.3, -0.25) is 0 Å². The average molecular weight is 212 g/mol. The molecule has 1 N–H and O–H groups in total. The summed E-state index contributed by atoms with van der Waals surface area (Å²) in [6.45, 7) is 1.09. The van der Waals surface area contributed by atoms with Crippen LogP contribution < -0.4 is 10.1 Å². The molecule has 0 aromatic heterocycles. The first kappa shape index (κ1) is 9.81.